The largest absolute Gasteiger partial charge is 0.481 e. The maximum Gasteiger partial charge on any atom is 0.261 e. The first-order chi connectivity index (χ1) is 10.4. The Morgan fingerprint density at radius 2 is 2.00 bits per heavy atom. The number of benzene rings is 1. The topological polar surface area (TPSA) is 38.3 Å². The molecule has 120 valence electrons. The third-order valence-electron chi connectivity index (χ3n) is 5.50. The fourth-order valence-corrected chi connectivity index (χ4v) is 4.09. The molecule has 3 rings (SSSR count). The van der Waals surface area contributed by atoms with E-state index in [1.54, 1.807) is 0 Å². The van der Waals surface area contributed by atoms with Gasteiger partial charge in [-0.05, 0) is 81.5 Å². The molecule has 1 N–H and O–H groups in total. The maximum atomic E-state index is 12.4. The predicted octanol–water partition coefficient (Wildman–Crippen LogP) is 3.68. The van der Waals surface area contributed by atoms with Gasteiger partial charge in [-0.1, -0.05) is 12.5 Å². The predicted molar refractivity (Wildman–Crippen MR) is 88.1 cm³/mol. The molecule has 0 spiro atoms. The Hall–Kier alpha value is -1.51. The zero-order valence-corrected chi connectivity index (χ0v) is 14.1. The third-order valence-corrected chi connectivity index (χ3v) is 5.50. The number of rotatable bonds is 4. The first kappa shape index (κ1) is 15.4. The van der Waals surface area contributed by atoms with E-state index in [0.717, 1.165) is 23.7 Å². The van der Waals surface area contributed by atoms with Crippen molar-refractivity contribution in [1.29, 1.82) is 0 Å². The van der Waals surface area contributed by atoms with E-state index in [9.17, 15) is 4.79 Å². The molecule has 2 saturated carbocycles. The number of fused-ring (bicyclic) bond motifs is 2. The minimum atomic E-state index is -0.445. The van der Waals surface area contributed by atoms with Crippen molar-refractivity contribution >= 4 is 5.91 Å². The molecule has 0 radical (unpaired) electrons. The second kappa shape index (κ2) is 5.94. The molecule has 0 saturated heterocycles. The summed E-state index contributed by atoms with van der Waals surface area (Å²) in [6.07, 6.45) is 4.65. The van der Waals surface area contributed by atoms with E-state index in [4.69, 9.17) is 4.74 Å². The molecule has 3 nitrogen and oxygen atoms in total. The summed E-state index contributed by atoms with van der Waals surface area (Å²) in [7, 11) is 0. The van der Waals surface area contributed by atoms with Crippen LogP contribution in [0.25, 0.3) is 0 Å². The van der Waals surface area contributed by atoms with Gasteiger partial charge in [0.25, 0.3) is 5.91 Å². The fraction of sp³-hybridized carbons (Fsp3) is 0.632. The molecule has 2 fully saturated rings. The van der Waals surface area contributed by atoms with Crippen LogP contribution in [0.1, 0.15) is 49.3 Å². The molecule has 1 aromatic carbocycles. The van der Waals surface area contributed by atoms with Crippen LogP contribution in [0.15, 0.2) is 12.1 Å². The number of ether oxygens (including phenoxy) is 1. The molecule has 4 atom stereocenters. The van der Waals surface area contributed by atoms with Crippen LogP contribution in [-0.2, 0) is 4.79 Å². The van der Waals surface area contributed by atoms with Crippen LogP contribution in [0, 0.1) is 32.6 Å². The summed E-state index contributed by atoms with van der Waals surface area (Å²) in [4.78, 5) is 12.4. The average Bonchev–Trinajstić information content (AvgIpc) is 3.06. The van der Waals surface area contributed by atoms with E-state index in [2.05, 4.69) is 25.2 Å². The van der Waals surface area contributed by atoms with Crippen molar-refractivity contribution in [3.05, 3.63) is 28.8 Å². The van der Waals surface area contributed by atoms with Gasteiger partial charge < -0.3 is 10.1 Å². The van der Waals surface area contributed by atoms with Gasteiger partial charge in [0.1, 0.15) is 5.75 Å². The summed E-state index contributed by atoms with van der Waals surface area (Å²) in [6.45, 7) is 8.03. The number of carbonyl (C=O) groups excluding carboxylic acids is 1. The molecule has 1 aromatic rings. The molecule has 2 bridgehead atoms. The summed E-state index contributed by atoms with van der Waals surface area (Å²) < 4.78 is 5.95. The Balaban J connectivity index is 1.62. The van der Waals surface area contributed by atoms with Gasteiger partial charge in [-0.25, -0.2) is 0 Å². The summed E-state index contributed by atoms with van der Waals surface area (Å²) in [5.41, 5.74) is 3.49. The highest BCUT2D eigenvalue weighted by molar-refractivity contribution is 5.81. The van der Waals surface area contributed by atoms with Gasteiger partial charge in [-0.2, -0.15) is 0 Å². The molecular formula is C19H27NO2. The molecule has 22 heavy (non-hydrogen) atoms. The highest BCUT2D eigenvalue weighted by Crippen LogP contribution is 2.44. The molecular weight excluding hydrogens is 274 g/mol. The van der Waals surface area contributed by atoms with E-state index in [1.165, 1.54) is 30.4 Å². The number of aryl methyl sites for hydroxylation is 2. The maximum absolute atomic E-state index is 12.4. The lowest BCUT2D eigenvalue weighted by atomic mass is 9.95. The van der Waals surface area contributed by atoms with Crippen molar-refractivity contribution in [2.45, 2.75) is 65.5 Å². The van der Waals surface area contributed by atoms with E-state index >= 15 is 0 Å². The number of hydrogen-bond donors (Lipinski definition) is 1. The minimum Gasteiger partial charge on any atom is -0.481 e. The highest BCUT2D eigenvalue weighted by Gasteiger charge is 2.40. The molecule has 3 heteroatoms. The van der Waals surface area contributed by atoms with Gasteiger partial charge in [-0.15, -0.1) is 0 Å². The van der Waals surface area contributed by atoms with Gasteiger partial charge in [0.05, 0.1) is 0 Å². The van der Waals surface area contributed by atoms with Gasteiger partial charge in [0.2, 0.25) is 0 Å². The van der Waals surface area contributed by atoms with E-state index in [-0.39, 0.29) is 5.91 Å². The summed E-state index contributed by atoms with van der Waals surface area (Å²) in [5.74, 6) is 2.39. The smallest absolute Gasteiger partial charge is 0.261 e. The lowest BCUT2D eigenvalue weighted by Crippen LogP contribution is -2.44. The summed E-state index contributed by atoms with van der Waals surface area (Å²) >= 11 is 0. The number of carbonyl (C=O) groups is 1. The van der Waals surface area contributed by atoms with Crippen molar-refractivity contribution in [3.8, 4) is 5.75 Å². The highest BCUT2D eigenvalue weighted by atomic mass is 16.5. The van der Waals surface area contributed by atoms with E-state index in [0.29, 0.717) is 12.0 Å². The zero-order chi connectivity index (χ0) is 15.9. The molecule has 0 unspecified atom stereocenters. The SMILES string of the molecule is Cc1cc(C)c(C)c(O[C@H](C)C(=O)N[C@@H]2C[C@@H]3CC[C@@H]2C3)c1. The monoisotopic (exact) mass is 301 g/mol. The van der Waals surface area contributed by atoms with Crippen molar-refractivity contribution in [2.75, 3.05) is 0 Å². The van der Waals surface area contributed by atoms with Crippen LogP contribution in [0.4, 0.5) is 0 Å². The summed E-state index contributed by atoms with van der Waals surface area (Å²) in [5, 5.41) is 3.22. The van der Waals surface area contributed by atoms with Crippen LogP contribution >= 0.6 is 0 Å². The normalized spacial score (nSPS) is 27.7. The zero-order valence-electron chi connectivity index (χ0n) is 14.1. The molecule has 2 aliphatic rings. The average molecular weight is 301 g/mol. The van der Waals surface area contributed by atoms with Crippen molar-refractivity contribution in [3.63, 3.8) is 0 Å². The molecule has 2 aliphatic carbocycles. The standard InChI is InChI=1S/C19H27NO2/c1-11-7-12(2)13(3)18(8-11)22-14(4)19(21)20-17-10-15-5-6-16(17)9-15/h7-8,14-17H,5-6,9-10H2,1-4H3,(H,20,21)/t14-,15-,16-,17-/m1/s1. The quantitative estimate of drug-likeness (QED) is 0.921. The summed E-state index contributed by atoms with van der Waals surface area (Å²) in [6, 6.07) is 4.53. The Morgan fingerprint density at radius 1 is 1.23 bits per heavy atom. The van der Waals surface area contributed by atoms with Crippen LogP contribution in [0.3, 0.4) is 0 Å². The molecule has 0 heterocycles. The molecule has 1 amide bonds. The third kappa shape index (κ3) is 2.99. The van der Waals surface area contributed by atoms with Crippen molar-refractivity contribution in [2.24, 2.45) is 11.8 Å². The number of amides is 1. The van der Waals surface area contributed by atoms with Gasteiger partial charge >= 0.3 is 0 Å². The van der Waals surface area contributed by atoms with Crippen molar-refractivity contribution in [1.82, 2.24) is 5.32 Å². The van der Waals surface area contributed by atoms with Crippen LogP contribution in [0.5, 0.6) is 5.75 Å². The fourth-order valence-electron chi connectivity index (χ4n) is 4.09. The second-order valence-electron chi connectivity index (χ2n) is 7.25. The Bertz CT molecular complexity index is 581. The first-order valence-electron chi connectivity index (χ1n) is 8.49. The Labute approximate surface area is 133 Å². The Morgan fingerprint density at radius 3 is 2.64 bits per heavy atom. The van der Waals surface area contributed by atoms with Gasteiger partial charge in [-0.3, -0.25) is 4.79 Å². The Kier molecular flexibility index (Phi) is 4.16. The molecule has 0 aliphatic heterocycles. The van der Waals surface area contributed by atoms with Crippen LogP contribution in [-0.4, -0.2) is 18.1 Å². The number of nitrogens with one attached hydrogen (secondary N) is 1. The van der Waals surface area contributed by atoms with Gasteiger partial charge in [0, 0.05) is 6.04 Å². The van der Waals surface area contributed by atoms with Crippen LogP contribution < -0.4 is 10.1 Å². The second-order valence-corrected chi connectivity index (χ2v) is 7.25. The van der Waals surface area contributed by atoms with Crippen molar-refractivity contribution < 1.29 is 9.53 Å². The van der Waals surface area contributed by atoms with E-state index in [1.807, 2.05) is 19.9 Å². The molecule has 0 aromatic heterocycles. The van der Waals surface area contributed by atoms with E-state index < -0.39 is 6.10 Å². The van der Waals surface area contributed by atoms with Gasteiger partial charge in [0.15, 0.2) is 6.10 Å². The van der Waals surface area contributed by atoms with Crippen LogP contribution in [0.2, 0.25) is 0 Å². The minimum absolute atomic E-state index is 0.0242. The lowest BCUT2D eigenvalue weighted by Gasteiger charge is -2.25. The number of hydrogen-bond acceptors (Lipinski definition) is 2. The first-order valence-corrected chi connectivity index (χ1v) is 8.49. The lowest BCUT2D eigenvalue weighted by molar-refractivity contribution is -0.128.